The Morgan fingerprint density at radius 2 is 2.05 bits per heavy atom. The molecule has 1 rings (SSSR count). The van der Waals surface area contributed by atoms with E-state index >= 15 is 0 Å². The molecular weight excluding hydrogens is 272 g/mol. The summed E-state index contributed by atoms with van der Waals surface area (Å²) in [6.45, 7) is 0. The van der Waals surface area contributed by atoms with Gasteiger partial charge in [-0.2, -0.15) is 0 Å². The van der Waals surface area contributed by atoms with Crippen LogP contribution in [0.5, 0.6) is 0 Å². The van der Waals surface area contributed by atoms with E-state index in [1.165, 1.54) is 6.08 Å². The molecule has 1 aliphatic rings. The number of Topliss-reactive ketones (excluding diaryl/α,β-unsaturated/α-hetero) is 2. The number of hydrogen-bond acceptors (Lipinski definition) is 4. The number of carboxylic acids is 1. The fourth-order valence-corrected chi connectivity index (χ4v) is 1.78. The Morgan fingerprint density at radius 3 is 2.50 bits per heavy atom. The highest BCUT2D eigenvalue weighted by atomic mass is 19.3. The van der Waals surface area contributed by atoms with Crippen LogP contribution in [0.1, 0.15) is 19.3 Å². The molecule has 0 heterocycles. The maximum Gasteiger partial charge on any atom is 0.320 e. The van der Waals surface area contributed by atoms with Gasteiger partial charge < -0.3 is 10.8 Å². The number of rotatable bonds is 7. The number of allylic oxidation sites excluding steroid dienone is 3. The summed E-state index contributed by atoms with van der Waals surface area (Å²) in [7, 11) is 0. The maximum atomic E-state index is 12.0. The van der Waals surface area contributed by atoms with Crippen molar-refractivity contribution in [2.24, 2.45) is 11.7 Å². The molecule has 0 aliphatic heterocycles. The summed E-state index contributed by atoms with van der Waals surface area (Å²) in [6, 6.07) is -1.03. The zero-order valence-corrected chi connectivity index (χ0v) is 10.6. The molecule has 0 aromatic heterocycles. The van der Waals surface area contributed by atoms with Crippen LogP contribution in [0.4, 0.5) is 8.78 Å². The van der Waals surface area contributed by atoms with Crippen LogP contribution in [0.3, 0.4) is 0 Å². The Labute approximate surface area is 114 Å². The summed E-state index contributed by atoms with van der Waals surface area (Å²) < 4.78 is 24.1. The van der Waals surface area contributed by atoms with E-state index in [1.54, 1.807) is 12.2 Å². The van der Waals surface area contributed by atoms with E-state index in [0.29, 0.717) is 5.57 Å². The van der Waals surface area contributed by atoms with Crippen molar-refractivity contribution in [2.75, 3.05) is 0 Å². The van der Waals surface area contributed by atoms with E-state index in [-0.39, 0.29) is 12.8 Å². The maximum absolute atomic E-state index is 12.0. The molecule has 7 heteroatoms. The molecule has 2 atom stereocenters. The summed E-state index contributed by atoms with van der Waals surface area (Å²) in [5, 5.41) is 8.67. The minimum atomic E-state index is -3.13. The van der Waals surface area contributed by atoms with Gasteiger partial charge in [0.15, 0.2) is 0 Å². The van der Waals surface area contributed by atoms with E-state index < -0.39 is 42.3 Å². The van der Waals surface area contributed by atoms with Crippen LogP contribution in [0, 0.1) is 5.92 Å². The Balaban J connectivity index is 2.51. The highest BCUT2D eigenvalue weighted by molar-refractivity contribution is 6.02. The number of carbonyl (C=O) groups excluding carboxylic acids is 2. The van der Waals surface area contributed by atoms with Gasteiger partial charge in [-0.3, -0.25) is 14.4 Å². The van der Waals surface area contributed by atoms with Crippen LogP contribution in [-0.4, -0.2) is 35.1 Å². The lowest BCUT2D eigenvalue weighted by Crippen LogP contribution is -2.30. The molecule has 0 fully saturated rings. The van der Waals surface area contributed by atoms with E-state index in [2.05, 4.69) is 0 Å². The quantitative estimate of drug-likeness (QED) is 0.683. The SMILES string of the molecule is NC(CC1=CCC(C(=O)CC(=O)C(F)F)C=C1)C(=O)O. The van der Waals surface area contributed by atoms with Crippen LogP contribution in [0.25, 0.3) is 0 Å². The van der Waals surface area contributed by atoms with Crippen LogP contribution >= 0.6 is 0 Å². The van der Waals surface area contributed by atoms with Crippen molar-refractivity contribution in [3.63, 3.8) is 0 Å². The largest absolute Gasteiger partial charge is 0.480 e. The Bertz CT molecular complexity index is 471. The van der Waals surface area contributed by atoms with Crippen molar-refractivity contribution < 1.29 is 28.3 Å². The average Bonchev–Trinajstić information content (AvgIpc) is 2.39. The summed E-state index contributed by atoms with van der Waals surface area (Å²) in [4.78, 5) is 33.0. The average molecular weight is 287 g/mol. The molecule has 0 saturated carbocycles. The van der Waals surface area contributed by atoms with Gasteiger partial charge in [0, 0.05) is 5.92 Å². The number of carboxylic acid groups (broad SMARTS) is 1. The third-order valence-electron chi connectivity index (χ3n) is 2.95. The van der Waals surface area contributed by atoms with Gasteiger partial charge >= 0.3 is 5.97 Å². The number of nitrogens with two attached hydrogens (primary N) is 1. The third-order valence-corrected chi connectivity index (χ3v) is 2.95. The van der Waals surface area contributed by atoms with Gasteiger partial charge in [0.2, 0.25) is 5.78 Å². The standard InChI is InChI=1S/C13H15F2NO4/c14-12(15)11(18)6-10(17)8-3-1-7(2-4-8)5-9(16)13(19)20/h1-3,8-9,12H,4-6,16H2,(H,19,20). The van der Waals surface area contributed by atoms with Gasteiger partial charge in [-0.1, -0.05) is 23.8 Å². The zero-order valence-electron chi connectivity index (χ0n) is 10.6. The lowest BCUT2D eigenvalue weighted by atomic mass is 9.89. The lowest BCUT2D eigenvalue weighted by Gasteiger charge is -2.16. The molecule has 0 amide bonds. The van der Waals surface area contributed by atoms with Crippen molar-refractivity contribution in [3.05, 3.63) is 23.8 Å². The first-order chi connectivity index (χ1) is 9.31. The van der Waals surface area contributed by atoms with E-state index in [9.17, 15) is 23.2 Å². The van der Waals surface area contributed by atoms with Crippen LogP contribution in [0.2, 0.25) is 0 Å². The van der Waals surface area contributed by atoms with Gasteiger partial charge in [0.05, 0.1) is 6.42 Å². The summed E-state index contributed by atoms with van der Waals surface area (Å²) in [6.07, 6.45) is 1.14. The molecule has 0 saturated heterocycles. The van der Waals surface area contributed by atoms with Gasteiger partial charge in [0.25, 0.3) is 6.43 Å². The molecule has 3 N–H and O–H groups in total. The van der Waals surface area contributed by atoms with Crippen molar-refractivity contribution in [2.45, 2.75) is 31.7 Å². The van der Waals surface area contributed by atoms with Crippen LogP contribution in [0.15, 0.2) is 23.8 Å². The number of hydrogen-bond donors (Lipinski definition) is 2. The van der Waals surface area contributed by atoms with Crippen molar-refractivity contribution in [3.8, 4) is 0 Å². The third kappa shape index (κ3) is 4.65. The first-order valence-corrected chi connectivity index (χ1v) is 6.00. The van der Waals surface area contributed by atoms with E-state index in [4.69, 9.17) is 10.8 Å². The topological polar surface area (TPSA) is 97.5 Å². The lowest BCUT2D eigenvalue weighted by molar-refractivity contribution is -0.138. The predicted octanol–water partition coefficient (Wildman–Crippen LogP) is 1.08. The summed E-state index contributed by atoms with van der Waals surface area (Å²) >= 11 is 0. The predicted molar refractivity (Wildman–Crippen MR) is 66.2 cm³/mol. The molecule has 0 spiro atoms. The highest BCUT2D eigenvalue weighted by Gasteiger charge is 2.24. The monoisotopic (exact) mass is 287 g/mol. The molecule has 0 bridgehead atoms. The van der Waals surface area contributed by atoms with E-state index in [0.717, 1.165) is 0 Å². The summed E-state index contributed by atoms with van der Waals surface area (Å²) in [5.41, 5.74) is 6.04. The number of carbonyl (C=O) groups is 3. The fourth-order valence-electron chi connectivity index (χ4n) is 1.78. The van der Waals surface area contributed by atoms with Crippen LogP contribution < -0.4 is 5.73 Å². The van der Waals surface area contributed by atoms with Crippen molar-refractivity contribution >= 4 is 17.5 Å². The zero-order chi connectivity index (χ0) is 15.3. The molecule has 1 aliphatic carbocycles. The van der Waals surface area contributed by atoms with Crippen LogP contribution in [-0.2, 0) is 14.4 Å². The molecule has 0 radical (unpaired) electrons. The van der Waals surface area contributed by atoms with Gasteiger partial charge in [-0.05, 0) is 12.8 Å². The molecule has 20 heavy (non-hydrogen) atoms. The molecule has 5 nitrogen and oxygen atoms in total. The minimum Gasteiger partial charge on any atom is -0.480 e. The number of aliphatic carboxylic acids is 1. The minimum absolute atomic E-state index is 0.128. The Hall–Kier alpha value is -1.89. The number of halogens is 2. The first-order valence-electron chi connectivity index (χ1n) is 6.00. The normalized spacial score (nSPS) is 19.6. The Morgan fingerprint density at radius 1 is 1.40 bits per heavy atom. The fraction of sp³-hybridized carbons (Fsp3) is 0.462. The molecule has 0 aromatic carbocycles. The van der Waals surface area contributed by atoms with E-state index in [1.807, 2.05) is 0 Å². The number of alkyl halides is 2. The van der Waals surface area contributed by atoms with Gasteiger partial charge in [-0.15, -0.1) is 0 Å². The molecular formula is C13H15F2NO4. The summed E-state index contributed by atoms with van der Waals surface area (Å²) in [5.74, 6) is -3.70. The van der Waals surface area contributed by atoms with Crippen molar-refractivity contribution in [1.82, 2.24) is 0 Å². The second-order valence-electron chi connectivity index (χ2n) is 4.54. The van der Waals surface area contributed by atoms with Crippen molar-refractivity contribution in [1.29, 1.82) is 0 Å². The molecule has 0 aromatic rings. The second kappa shape index (κ2) is 7.04. The second-order valence-corrected chi connectivity index (χ2v) is 4.54. The molecule has 110 valence electrons. The first kappa shape index (κ1) is 16.2. The highest BCUT2D eigenvalue weighted by Crippen LogP contribution is 2.21. The smallest absolute Gasteiger partial charge is 0.320 e. The Kier molecular flexibility index (Phi) is 5.69. The van der Waals surface area contributed by atoms with Gasteiger partial charge in [-0.25, -0.2) is 8.78 Å². The van der Waals surface area contributed by atoms with Gasteiger partial charge in [0.1, 0.15) is 11.8 Å². The molecule has 2 unspecified atom stereocenters. The number of ketones is 2.